The van der Waals surface area contributed by atoms with Crippen LogP contribution in [0, 0.1) is 17.8 Å². The van der Waals surface area contributed by atoms with E-state index in [1.165, 1.54) is 36.0 Å². The molecule has 0 radical (unpaired) electrons. The molecule has 0 heterocycles. The van der Waals surface area contributed by atoms with Gasteiger partial charge in [0.15, 0.2) is 0 Å². The third-order valence-electron chi connectivity index (χ3n) is 6.43. The molecule has 0 saturated carbocycles. The molecule has 0 aliphatic rings. The molecule has 39 heavy (non-hydrogen) atoms. The molecule has 3 atom stereocenters. The van der Waals surface area contributed by atoms with Gasteiger partial charge in [-0.3, -0.25) is 9.59 Å². The Hall–Kier alpha value is -1.88. The molecule has 3 N–H and O–H groups in total. The molecule has 3 unspecified atom stereocenters. The summed E-state index contributed by atoms with van der Waals surface area (Å²) in [6, 6.07) is 0. The first kappa shape index (κ1) is 41.6. The average molecular weight is 553 g/mol. The number of hydrogen-bond acceptors (Lipinski definition) is 3. The van der Waals surface area contributed by atoms with E-state index in [1.54, 1.807) is 0 Å². The Balaban J connectivity index is -0.000000503. The summed E-state index contributed by atoms with van der Waals surface area (Å²) in [7, 11) is 0. The van der Waals surface area contributed by atoms with Crippen molar-refractivity contribution in [2.24, 2.45) is 17.8 Å². The standard InChI is InChI=1S/2C12H22O2.C10H20O/c2*1-10(2)6-4-7-11(3)8-5-9-12(13)14;1-9(2)5-4-6-10(3)7-8-11/h2*6,11H,4-5,7-9H2,1-3H3,(H,13,14);5,10-11H,4,6-8H2,1-3H3. The molecule has 0 fully saturated rings. The van der Waals surface area contributed by atoms with Crippen molar-refractivity contribution in [3.8, 4) is 0 Å². The van der Waals surface area contributed by atoms with Crippen LogP contribution < -0.4 is 0 Å². The first-order chi connectivity index (χ1) is 18.2. The molecule has 0 bridgehead atoms. The quantitative estimate of drug-likeness (QED) is 0.139. The molecule has 230 valence electrons. The SMILES string of the molecule is CC(C)=CCCC(C)CCCC(=O)O.CC(C)=CCCC(C)CCCC(=O)O.CC(C)=CCCC(C)CCO. The highest BCUT2D eigenvalue weighted by atomic mass is 16.4. The van der Waals surface area contributed by atoms with Gasteiger partial charge in [0.25, 0.3) is 0 Å². The lowest BCUT2D eigenvalue weighted by molar-refractivity contribution is -0.138. The van der Waals surface area contributed by atoms with Gasteiger partial charge in [0.2, 0.25) is 0 Å². The van der Waals surface area contributed by atoms with Crippen LogP contribution in [0.25, 0.3) is 0 Å². The minimum absolute atomic E-state index is 0.312. The molecule has 0 aliphatic heterocycles. The highest BCUT2D eigenvalue weighted by Crippen LogP contribution is 2.16. The molecular formula is C34H64O5. The van der Waals surface area contributed by atoms with Crippen molar-refractivity contribution in [3.63, 3.8) is 0 Å². The zero-order chi connectivity index (χ0) is 30.6. The van der Waals surface area contributed by atoms with E-state index < -0.39 is 11.9 Å². The van der Waals surface area contributed by atoms with Gasteiger partial charge < -0.3 is 15.3 Å². The number of aliphatic hydroxyl groups excluding tert-OH is 1. The second-order valence-corrected chi connectivity index (χ2v) is 12.0. The van der Waals surface area contributed by atoms with Crippen molar-refractivity contribution in [2.75, 3.05) is 6.61 Å². The number of carboxylic acids is 2. The number of hydrogen-bond donors (Lipinski definition) is 3. The second-order valence-electron chi connectivity index (χ2n) is 12.0. The fourth-order valence-corrected chi connectivity index (χ4v) is 3.83. The molecule has 0 aromatic carbocycles. The predicted molar refractivity (Wildman–Crippen MR) is 168 cm³/mol. The van der Waals surface area contributed by atoms with Crippen molar-refractivity contribution in [1.29, 1.82) is 0 Å². The number of carbonyl (C=O) groups is 2. The van der Waals surface area contributed by atoms with Crippen LogP contribution in [0.3, 0.4) is 0 Å². The molecule has 0 aromatic rings. The van der Waals surface area contributed by atoms with Crippen LogP contribution in [0.2, 0.25) is 0 Å². The van der Waals surface area contributed by atoms with E-state index in [4.69, 9.17) is 15.3 Å². The maximum Gasteiger partial charge on any atom is 0.303 e. The van der Waals surface area contributed by atoms with E-state index in [0.717, 1.165) is 51.4 Å². The van der Waals surface area contributed by atoms with Crippen LogP contribution in [-0.4, -0.2) is 33.9 Å². The summed E-state index contributed by atoms with van der Waals surface area (Å²) in [5, 5.41) is 25.6. The Morgan fingerprint density at radius 3 is 1.05 bits per heavy atom. The average Bonchev–Trinajstić information content (AvgIpc) is 2.79. The van der Waals surface area contributed by atoms with Gasteiger partial charge in [0, 0.05) is 19.4 Å². The van der Waals surface area contributed by atoms with Crippen molar-refractivity contribution in [2.45, 2.75) is 146 Å². The van der Waals surface area contributed by atoms with E-state index in [0.29, 0.717) is 37.2 Å². The molecular weight excluding hydrogens is 488 g/mol. The summed E-state index contributed by atoms with van der Waals surface area (Å²) in [6.45, 7) is 19.6. The summed E-state index contributed by atoms with van der Waals surface area (Å²) >= 11 is 0. The van der Waals surface area contributed by atoms with E-state index >= 15 is 0 Å². The van der Waals surface area contributed by atoms with Gasteiger partial charge in [-0.15, -0.1) is 0 Å². The molecule has 0 amide bonds. The lowest BCUT2D eigenvalue weighted by Gasteiger charge is -2.08. The minimum Gasteiger partial charge on any atom is -0.481 e. The van der Waals surface area contributed by atoms with Crippen LogP contribution in [0.1, 0.15) is 146 Å². The molecule has 0 spiro atoms. The van der Waals surface area contributed by atoms with Crippen LogP contribution >= 0.6 is 0 Å². The van der Waals surface area contributed by atoms with Crippen LogP contribution in [0.15, 0.2) is 34.9 Å². The zero-order valence-corrected chi connectivity index (χ0v) is 27.0. The van der Waals surface area contributed by atoms with E-state index in [-0.39, 0.29) is 0 Å². The van der Waals surface area contributed by atoms with Crippen LogP contribution in [-0.2, 0) is 9.59 Å². The number of carboxylic acid groups (broad SMARTS) is 2. The maximum atomic E-state index is 10.3. The summed E-state index contributed by atoms with van der Waals surface area (Å²) < 4.78 is 0. The Morgan fingerprint density at radius 2 is 0.821 bits per heavy atom. The third-order valence-corrected chi connectivity index (χ3v) is 6.43. The van der Waals surface area contributed by atoms with Crippen molar-refractivity contribution < 1.29 is 24.9 Å². The largest absolute Gasteiger partial charge is 0.481 e. The summed E-state index contributed by atoms with van der Waals surface area (Å²) in [5.74, 6) is 0.591. The highest BCUT2D eigenvalue weighted by Gasteiger charge is 2.04. The lowest BCUT2D eigenvalue weighted by atomic mass is 9.98. The van der Waals surface area contributed by atoms with Gasteiger partial charge in [0.1, 0.15) is 0 Å². The van der Waals surface area contributed by atoms with E-state index in [1.807, 2.05) is 0 Å². The Bertz CT molecular complexity index is 634. The van der Waals surface area contributed by atoms with Gasteiger partial charge >= 0.3 is 11.9 Å². The third kappa shape index (κ3) is 43.4. The number of allylic oxidation sites excluding steroid dienone is 6. The summed E-state index contributed by atoms with van der Waals surface area (Å²) in [5.41, 5.74) is 4.12. The van der Waals surface area contributed by atoms with Gasteiger partial charge in [-0.1, -0.05) is 68.6 Å². The molecule has 0 aliphatic carbocycles. The first-order valence-electron chi connectivity index (χ1n) is 15.2. The Kier molecular flexibility index (Phi) is 31.1. The second kappa shape index (κ2) is 29.1. The Labute approximate surface area is 241 Å². The van der Waals surface area contributed by atoms with Gasteiger partial charge in [-0.05, 0) is 117 Å². The molecule has 0 aromatic heterocycles. The molecule has 5 nitrogen and oxygen atoms in total. The molecule has 5 heteroatoms. The van der Waals surface area contributed by atoms with Crippen molar-refractivity contribution >= 4 is 11.9 Å². The first-order valence-corrected chi connectivity index (χ1v) is 15.2. The fourth-order valence-electron chi connectivity index (χ4n) is 3.83. The number of aliphatic hydroxyl groups is 1. The van der Waals surface area contributed by atoms with E-state index in [9.17, 15) is 9.59 Å². The highest BCUT2D eigenvalue weighted by molar-refractivity contribution is 5.66. The predicted octanol–water partition coefficient (Wildman–Crippen LogP) is 10.00. The van der Waals surface area contributed by atoms with E-state index in [2.05, 4.69) is 80.5 Å². The maximum absolute atomic E-state index is 10.3. The zero-order valence-electron chi connectivity index (χ0n) is 27.0. The van der Waals surface area contributed by atoms with Crippen LogP contribution in [0.4, 0.5) is 0 Å². The van der Waals surface area contributed by atoms with Crippen molar-refractivity contribution in [3.05, 3.63) is 34.9 Å². The van der Waals surface area contributed by atoms with Crippen molar-refractivity contribution in [1.82, 2.24) is 0 Å². The topological polar surface area (TPSA) is 94.8 Å². The lowest BCUT2D eigenvalue weighted by Crippen LogP contribution is -1.98. The normalized spacial score (nSPS) is 12.4. The smallest absolute Gasteiger partial charge is 0.303 e. The minimum atomic E-state index is -0.679. The fraction of sp³-hybridized carbons (Fsp3) is 0.765. The summed E-state index contributed by atoms with van der Waals surface area (Å²) in [6.07, 6.45) is 18.9. The van der Waals surface area contributed by atoms with Gasteiger partial charge in [-0.25, -0.2) is 0 Å². The number of rotatable bonds is 19. The number of aliphatic carboxylic acids is 2. The molecule has 0 saturated heterocycles. The monoisotopic (exact) mass is 552 g/mol. The van der Waals surface area contributed by atoms with Gasteiger partial charge in [0.05, 0.1) is 0 Å². The Morgan fingerprint density at radius 1 is 0.538 bits per heavy atom. The summed E-state index contributed by atoms with van der Waals surface area (Å²) in [4.78, 5) is 20.5. The van der Waals surface area contributed by atoms with Crippen LogP contribution in [0.5, 0.6) is 0 Å². The van der Waals surface area contributed by atoms with Gasteiger partial charge in [-0.2, -0.15) is 0 Å². The molecule has 0 rings (SSSR count).